The molecule has 3 nitrogen and oxygen atoms in total. The van der Waals surface area contributed by atoms with Crippen LogP contribution in [-0.2, 0) is 0 Å². The first kappa shape index (κ1) is 13.8. The van der Waals surface area contributed by atoms with Crippen LogP contribution in [0.4, 0.5) is 0 Å². The number of aromatic carboxylic acids is 1. The molecule has 0 bridgehead atoms. The zero-order valence-electron chi connectivity index (χ0n) is 10.1. The van der Waals surface area contributed by atoms with Gasteiger partial charge in [0.25, 0.3) is 0 Å². The Hall–Kier alpha value is -1.58. The Morgan fingerprint density at radius 2 is 2.05 bits per heavy atom. The van der Waals surface area contributed by atoms with E-state index in [9.17, 15) is 9.90 Å². The number of hydrogen-bond donors (Lipinski definition) is 1. The molecule has 0 aliphatic heterocycles. The molecule has 1 unspecified atom stereocenters. The standard InChI is InChI=1S/C14H11Cl2NO2/c1-8(10-5-4-9(15)7-12(10)16)13-11(14(18)19)3-2-6-17-13/h2-8H,1H3,(H,18,19). The maximum atomic E-state index is 11.2. The van der Waals surface area contributed by atoms with Crippen molar-refractivity contribution in [1.29, 1.82) is 0 Å². The molecule has 0 spiro atoms. The molecule has 1 aromatic carbocycles. The molecule has 1 atom stereocenters. The van der Waals surface area contributed by atoms with E-state index < -0.39 is 5.97 Å². The van der Waals surface area contributed by atoms with Gasteiger partial charge in [-0.05, 0) is 29.8 Å². The number of hydrogen-bond acceptors (Lipinski definition) is 2. The summed E-state index contributed by atoms with van der Waals surface area (Å²) in [7, 11) is 0. The van der Waals surface area contributed by atoms with Crippen LogP contribution in [0, 0.1) is 0 Å². The molecular formula is C14H11Cl2NO2. The molecule has 2 aromatic rings. The second-order valence-corrected chi connectivity index (χ2v) is 4.97. The van der Waals surface area contributed by atoms with Crippen LogP contribution in [0.25, 0.3) is 0 Å². The summed E-state index contributed by atoms with van der Waals surface area (Å²) in [5, 5.41) is 10.2. The third kappa shape index (κ3) is 2.88. The normalized spacial score (nSPS) is 12.2. The number of carbonyl (C=O) groups is 1. The van der Waals surface area contributed by atoms with Crippen LogP contribution >= 0.6 is 23.2 Å². The number of benzene rings is 1. The Balaban J connectivity index is 2.50. The van der Waals surface area contributed by atoms with Crippen LogP contribution in [-0.4, -0.2) is 16.1 Å². The zero-order chi connectivity index (χ0) is 14.0. The maximum Gasteiger partial charge on any atom is 0.337 e. The summed E-state index contributed by atoms with van der Waals surface area (Å²) in [5.74, 6) is -1.22. The number of nitrogens with zero attached hydrogens (tertiary/aromatic N) is 1. The molecule has 0 fully saturated rings. The SMILES string of the molecule is CC(c1ccc(Cl)cc1Cl)c1ncccc1C(=O)O. The second-order valence-electron chi connectivity index (χ2n) is 4.13. The maximum absolute atomic E-state index is 11.2. The first-order valence-electron chi connectivity index (χ1n) is 5.64. The molecule has 1 N–H and O–H groups in total. The third-order valence-electron chi connectivity index (χ3n) is 2.91. The van der Waals surface area contributed by atoms with E-state index in [1.54, 1.807) is 30.5 Å². The summed E-state index contributed by atoms with van der Waals surface area (Å²) in [6.07, 6.45) is 1.57. The van der Waals surface area contributed by atoms with Gasteiger partial charge in [0.05, 0.1) is 11.3 Å². The van der Waals surface area contributed by atoms with Crippen LogP contribution < -0.4 is 0 Å². The number of aromatic nitrogens is 1. The molecule has 5 heteroatoms. The van der Waals surface area contributed by atoms with E-state index in [1.165, 1.54) is 6.07 Å². The highest BCUT2D eigenvalue weighted by Crippen LogP contribution is 2.32. The predicted molar refractivity (Wildman–Crippen MR) is 75.2 cm³/mol. The molecule has 0 radical (unpaired) electrons. The summed E-state index contributed by atoms with van der Waals surface area (Å²) in [4.78, 5) is 15.4. The van der Waals surface area contributed by atoms with Gasteiger partial charge >= 0.3 is 5.97 Å². The van der Waals surface area contributed by atoms with E-state index in [1.807, 2.05) is 6.92 Å². The molecule has 0 saturated carbocycles. The minimum absolute atomic E-state index is 0.181. The first-order valence-corrected chi connectivity index (χ1v) is 6.39. The number of pyridine rings is 1. The largest absolute Gasteiger partial charge is 0.478 e. The third-order valence-corrected chi connectivity index (χ3v) is 3.47. The summed E-state index contributed by atoms with van der Waals surface area (Å²) in [6, 6.07) is 8.28. The van der Waals surface area contributed by atoms with Crippen molar-refractivity contribution in [3.63, 3.8) is 0 Å². The van der Waals surface area contributed by atoms with Crippen molar-refractivity contribution in [1.82, 2.24) is 4.98 Å². The molecule has 1 heterocycles. The molecule has 98 valence electrons. The van der Waals surface area contributed by atoms with E-state index in [4.69, 9.17) is 23.2 Å². The average Bonchev–Trinajstić information content (AvgIpc) is 2.38. The van der Waals surface area contributed by atoms with Gasteiger partial charge in [-0.25, -0.2) is 4.79 Å². The van der Waals surface area contributed by atoms with E-state index in [-0.39, 0.29) is 11.5 Å². The second kappa shape index (κ2) is 5.59. The van der Waals surface area contributed by atoms with Crippen molar-refractivity contribution in [2.75, 3.05) is 0 Å². The predicted octanol–water partition coefficient (Wildman–Crippen LogP) is 4.24. The van der Waals surface area contributed by atoms with Gasteiger partial charge < -0.3 is 5.11 Å². The smallest absolute Gasteiger partial charge is 0.337 e. The lowest BCUT2D eigenvalue weighted by molar-refractivity contribution is 0.0695. The van der Waals surface area contributed by atoms with E-state index in [0.717, 1.165) is 5.56 Å². The molecule has 0 amide bonds. The van der Waals surface area contributed by atoms with Crippen molar-refractivity contribution < 1.29 is 9.90 Å². The molecule has 0 aliphatic rings. The minimum atomic E-state index is -1.000. The fourth-order valence-corrected chi connectivity index (χ4v) is 2.52. The van der Waals surface area contributed by atoms with Crippen molar-refractivity contribution in [3.05, 3.63) is 63.4 Å². The van der Waals surface area contributed by atoms with Gasteiger partial charge in [-0.15, -0.1) is 0 Å². The Kier molecular flexibility index (Phi) is 4.08. The molecular weight excluding hydrogens is 285 g/mol. The van der Waals surface area contributed by atoms with Gasteiger partial charge in [0.15, 0.2) is 0 Å². The Morgan fingerprint density at radius 3 is 2.68 bits per heavy atom. The molecule has 1 aromatic heterocycles. The van der Waals surface area contributed by atoms with Gasteiger partial charge in [0.1, 0.15) is 0 Å². The van der Waals surface area contributed by atoms with Crippen molar-refractivity contribution in [3.8, 4) is 0 Å². The monoisotopic (exact) mass is 295 g/mol. The van der Waals surface area contributed by atoms with Gasteiger partial charge in [-0.1, -0.05) is 36.2 Å². The van der Waals surface area contributed by atoms with Crippen LogP contribution in [0.1, 0.15) is 34.5 Å². The highest BCUT2D eigenvalue weighted by atomic mass is 35.5. The van der Waals surface area contributed by atoms with Crippen LogP contribution in [0.2, 0.25) is 10.0 Å². The first-order chi connectivity index (χ1) is 9.00. The number of rotatable bonds is 3. The average molecular weight is 296 g/mol. The quantitative estimate of drug-likeness (QED) is 0.921. The minimum Gasteiger partial charge on any atom is -0.478 e. The van der Waals surface area contributed by atoms with Crippen LogP contribution in [0.3, 0.4) is 0 Å². The fourth-order valence-electron chi connectivity index (χ4n) is 1.94. The number of halogens is 2. The summed E-state index contributed by atoms with van der Waals surface area (Å²) in [6.45, 7) is 1.86. The lowest BCUT2D eigenvalue weighted by Crippen LogP contribution is -2.09. The van der Waals surface area contributed by atoms with Crippen LogP contribution in [0.15, 0.2) is 36.5 Å². The van der Waals surface area contributed by atoms with E-state index in [0.29, 0.717) is 15.7 Å². The van der Waals surface area contributed by atoms with Gasteiger partial charge in [0.2, 0.25) is 0 Å². The molecule has 19 heavy (non-hydrogen) atoms. The Bertz CT molecular complexity index is 629. The van der Waals surface area contributed by atoms with Gasteiger partial charge in [-0.2, -0.15) is 0 Å². The Labute approximate surface area is 120 Å². The topological polar surface area (TPSA) is 50.2 Å². The molecule has 2 rings (SSSR count). The van der Waals surface area contributed by atoms with Crippen molar-refractivity contribution in [2.24, 2.45) is 0 Å². The van der Waals surface area contributed by atoms with Crippen LogP contribution in [0.5, 0.6) is 0 Å². The lowest BCUT2D eigenvalue weighted by atomic mass is 9.94. The Morgan fingerprint density at radius 1 is 1.32 bits per heavy atom. The number of carboxylic acids is 1. The summed E-state index contributed by atoms with van der Waals surface area (Å²) in [5.41, 5.74) is 1.47. The number of carboxylic acid groups (broad SMARTS) is 1. The van der Waals surface area contributed by atoms with Gasteiger partial charge in [0, 0.05) is 22.2 Å². The van der Waals surface area contributed by atoms with E-state index >= 15 is 0 Å². The highest BCUT2D eigenvalue weighted by Gasteiger charge is 2.20. The molecule has 0 aliphatic carbocycles. The van der Waals surface area contributed by atoms with Crippen molar-refractivity contribution >= 4 is 29.2 Å². The zero-order valence-corrected chi connectivity index (χ0v) is 11.6. The summed E-state index contributed by atoms with van der Waals surface area (Å²) >= 11 is 12.0. The summed E-state index contributed by atoms with van der Waals surface area (Å²) < 4.78 is 0. The van der Waals surface area contributed by atoms with Crippen molar-refractivity contribution in [2.45, 2.75) is 12.8 Å². The lowest BCUT2D eigenvalue weighted by Gasteiger charge is -2.15. The molecule has 0 saturated heterocycles. The van der Waals surface area contributed by atoms with Gasteiger partial charge in [-0.3, -0.25) is 4.98 Å². The van der Waals surface area contributed by atoms with E-state index in [2.05, 4.69) is 4.98 Å². The fraction of sp³-hybridized carbons (Fsp3) is 0.143. The highest BCUT2D eigenvalue weighted by molar-refractivity contribution is 6.35.